The molecule has 0 radical (unpaired) electrons. The predicted octanol–water partition coefficient (Wildman–Crippen LogP) is -5.18. The van der Waals surface area contributed by atoms with Gasteiger partial charge in [0.15, 0.2) is 12.1 Å². The first-order valence-electron chi connectivity index (χ1n) is 7.65. The van der Waals surface area contributed by atoms with Crippen LogP contribution in [0.5, 0.6) is 0 Å². The fourth-order valence-electron chi connectivity index (χ4n) is 2.66. The second-order valence-corrected chi connectivity index (χ2v) is 5.82. The smallest absolute Gasteiger partial charge is 0.186 e. The summed E-state index contributed by atoms with van der Waals surface area (Å²) in [5, 5.41) is 67.8. The number of nitrogens with zero attached hydrogens (tertiary/aromatic N) is 1. The Morgan fingerprint density at radius 2 is 1.68 bits per heavy atom. The van der Waals surface area contributed by atoms with Crippen LogP contribution in [0, 0.1) is 0 Å². The molecule has 0 bridgehead atoms. The van der Waals surface area contributed by atoms with E-state index in [4.69, 9.17) is 19.4 Å². The van der Waals surface area contributed by atoms with E-state index in [9.17, 15) is 30.6 Å². The van der Waals surface area contributed by atoms with Gasteiger partial charge in [0.25, 0.3) is 0 Å². The minimum atomic E-state index is -1.64. The van der Waals surface area contributed by atoms with Gasteiger partial charge >= 0.3 is 0 Å². The van der Waals surface area contributed by atoms with Gasteiger partial charge in [0.05, 0.1) is 13.2 Å². The normalized spacial score (nSPS) is 45.1. The minimum Gasteiger partial charge on any atom is -0.394 e. The van der Waals surface area contributed by atoms with E-state index in [0.717, 1.165) is 0 Å². The third kappa shape index (κ3) is 4.09. The first kappa shape index (κ1) is 20.4. The van der Waals surface area contributed by atoms with Crippen LogP contribution in [0.2, 0.25) is 0 Å². The Balaban J connectivity index is 2.08. The average molecular weight is 368 g/mol. The molecule has 0 aliphatic carbocycles. The van der Waals surface area contributed by atoms with E-state index in [-0.39, 0.29) is 5.84 Å². The van der Waals surface area contributed by atoms with E-state index in [0.29, 0.717) is 0 Å². The molecule has 0 spiro atoms. The second kappa shape index (κ2) is 8.64. The Kier molecular flexibility index (Phi) is 7.04. The Labute approximate surface area is 142 Å². The van der Waals surface area contributed by atoms with Crippen molar-refractivity contribution in [2.24, 2.45) is 4.99 Å². The van der Waals surface area contributed by atoms with Gasteiger partial charge in [-0.25, -0.2) is 0 Å². The van der Waals surface area contributed by atoms with Gasteiger partial charge in [0, 0.05) is 7.11 Å². The van der Waals surface area contributed by atoms with Crippen LogP contribution in [0.25, 0.3) is 0 Å². The van der Waals surface area contributed by atoms with Crippen LogP contribution in [-0.4, -0.2) is 117 Å². The van der Waals surface area contributed by atoms with Crippen molar-refractivity contribution in [2.75, 3.05) is 20.3 Å². The fraction of sp³-hybridized carbons (Fsp3) is 0.923. The summed E-state index contributed by atoms with van der Waals surface area (Å²) in [4.78, 5) is 9.00. The third-order valence-electron chi connectivity index (χ3n) is 4.19. The summed E-state index contributed by atoms with van der Waals surface area (Å²) in [6.45, 7) is -1.15. The fourth-order valence-corrected chi connectivity index (χ4v) is 2.66. The van der Waals surface area contributed by atoms with Crippen molar-refractivity contribution in [3.63, 3.8) is 0 Å². The van der Waals surface area contributed by atoms with Crippen molar-refractivity contribution in [2.45, 2.75) is 55.1 Å². The highest BCUT2D eigenvalue weighted by Gasteiger charge is 2.46. The van der Waals surface area contributed by atoms with E-state index in [2.05, 4.69) is 10.5 Å². The van der Waals surface area contributed by atoms with Gasteiger partial charge in [-0.2, -0.15) is 0 Å². The number of nitrogens with one attached hydrogen (secondary N) is 1. The van der Waals surface area contributed by atoms with Crippen molar-refractivity contribution in [3.8, 4) is 0 Å². The van der Waals surface area contributed by atoms with Crippen molar-refractivity contribution >= 4 is 5.84 Å². The van der Waals surface area contributed by atoms with Crippen molar-refractivity contribution in [3.05, 3.63) is 0 Å². The summed E-state index contributed by atoms with van der Waals surface area (Å²) in [6.07, 6.45) is -11.2. The van der Waals surface area contributed by atoms with Crippen LogP contribution in [0.1, 0.15) is 0 Å². The molecule has 1 fully saturated rings. The van der Waals surface area contributed by atoms with Crippen LogP contribution in [0.3, 0.4) is 0 Å². The highest BCUT2D eigenvalue weighted by atomic mass is 16.7. The number of aliphatic imine (C=N–C) groups is 1. The lowest BCUT2D eigenvalue weighted by atomic mass is 9.97. The lowest BCUT2D eigenvalue weighted by Gasteiger charge is -2.41. The molecule has 12 nitrogen and oxygen atoms in total. The summed E-state index contributed by atoms with van der Waals surface area (Å²) in [5.74, 6) is -0.302. The Hall–Kier alpha value is -0.930. The molecule has 8 N–H and O–H groups in total. The highest BCUT2D eigenvalue weighted by Crippen LogP contribution is 2.24. The molecule has 12 heteroatoms. The molecule has 0 aromatic heterocycles. The standard InChI is InChI=1S/C13H24N2O10/c1-23-13-10(22)8(20)11(5(3-17)24-13)25-15-12-9(21)7(19)6(18)4(2-16)14-12/h4-11,13,16-22H,2-3H2,1H3,(H,14,15)/t4-,5-,6-,7+,8-,9-,10-,11-,13-/m1/s1. The maximum atomic E-state index is 10.1. The lowest BCUT2D eigenvalue weighted by molar-refractivity contribution is -0.306. The number of rotatable bonds is 5. The van der Waals surface area contributed by atoms with Crippen molar-refractivity contribution in [1.82, 2.24) is 5.48 Å². The summed E-state index contributed by atoms with van der Waals surface area (Å²) in [7, 11) is 1.25. The minimum absolute atomic E-state index is 0.302. The zero-order valence-corrected chi connectivity index (χ0v) is 13.4. The van der Waals surface area contributed by atoms with Gasteiger partial charge in [-0.05, 0) is 0 Å². The largest absolute Gasteiger partial charge is 0.394 e. The second-order valence-electron chi connectivity index (χ2n) is 5.82. The molecule has 0 unspecified atom stereocenters. The first-order chi connectivity index (χ1) is 11.8. The van der Waals surface area contributed by atoms with E-state index in [1.807, 2.05) is 0 Å². The number of ether oxygens (including phenoxy) is 2. The number of aliphatic hydroxyl groups excluding tert-OH is 7. The molecule has 25 heavy (non-hydrogen) atoms. The van der Waals surface area contributed by atoms with Gasteiger partial charge in [-0.1, -0.05) is 0 Å². The summed E-state index contributed by atoms with van der Waals surface area (Å²) in [5.41, 5.74) is 2.22. The third-order valence-corrected chi connectivity index (χ3v) is 4.19. The Bertz CT molecular complexity index is 464. The van der Waals surface area contributed by atoms with Crippen LogP contribution in [-0.2, 0) is 14.3 Å². The summed E-state index contributed by atoms with van der Waals surface area (Å²) < 4.78 is 10.1. The van der Waals surface area contributed by atoms with E-state index in [1.165, 1.54) is 7.11 Å². The van der Waals surface area contributed by atoms with Gasteiger partial charge in [0.2, 0.25) is 0 Å². The molecule has 1 saturated heterocycles. The van der Waals surface area contributed by atoms with Crippen molar-refractivity contribution in [1.29, 1.82) is 0 Å². The van der Waals surface area contributed by atoms with Crippen LogP contribution >= 0.6 is 0 Å². The van der Waals surface area contributed by atoms with E-state index >= 15 is 0 Å². The van der Waals surface area contributed by atoms with E-state index in [1.54, 1.807) is 0 Å². The molecule has 146 valence electrons. The molecule has 0 aromatic carbocycles. The molecule has 2 heterocycles. The molecule has 2 aliphatic rings. The Morgan fingerprint density at radius 3 is 2.24 bits per heavy atom. The van der Waals surface area contributed by atoms with Crippen LogP contribution in [0.15, 0.2) is 4.99 Å². The highest BCUT2D eigenvalue weighted by molar-refractivity contribution is 5.87. The van der Waals surface area contributed by atoms with Crippen LogP contribution in [0.4, 0.5) is 0 Å². The van der Waals surface area contributed by atoms with Crippen molar-refractivity contribution < 1.29 is 50.1 Å². The number of hydroxylamine groups is 1. The molecule has 9 atom stereocenters. The lowest BCUT2D eigenvalue weighted by Crippen LogP contribution is -2.62. The average Bonchev–Trinajstić information content (AvgIpc) is 2.62. The number of aliphatic hydroxyl groups is 7. The maximum absolute atomic E-state index is 10.1. The SMILES string of the molecule is CO[C@@H]1O[C@H](CO)[C@@H](ONC2=N[C@H](CO)[C@@H](O)[C@H](O)[C@H]2O)[C@H](O)[C@H]1O. The molecular weight excluding hydrogens is 344 g/mol. The molecule has 0 aromatic rings. The van der Waals surface area contributed by atoms with Gasteiger partial charge in [0.1, 0.15) is 48.8 Å². The first-order valence-corrected chi connectivity index (χ1v) is 7.65. The number of hydrogen-bond acceptors (Lipinski definition) is 12. The summed E-state index contributed by atoms with van der Waals surface area (Å²) in [6, 6.07) is -1.09. The number of methoxy groups -OCH3 is 1. The maximum Gasteiger partial charge on any atom is 0.186 e. The topological polar surface area (TPSA) is 194 Å². The zero-order valence-electron chi connectivity index (χ0n) is 13.4. The monoisotopic (exact) mass is 368 g/mol. The number of hydrogen-bond donors (Lipinski definition) is 8. The van der Waals surface area contributed by atoms with Gasteiger partial charge in [-0.3, -0.25) is 15.3 Å². The molecule has 0 saturated carbocycles. The number of amidine groups is 1. The zero-order chi connectivity index (χ0) is 18.7. The molecule has 0 amide bonds. The molecular formula is C13H24N2O10. The molecule has 2 aliphatic heterocycles. The van der Waals surface area contributed by atoms with E-state index < -0.39 is 68.3 Å². The predicted molar refractivity (Wildman–Crippen MR) is 79.1 cm³/mol. The quantitative estimate of drug-likeness (QED) is 0.216. The van der Waals surface area contributed by atoms with Crippen LogP contribution < -0.4 is 5.48 Å². The Morgan fingerprint density at radius 1 is 1.00 bits per heavy atom. The molecule has 2 rings (SSSR count). The van der Waals surface area contributed by atoms with Gasteiger partial charge in [-0.15, -0.1) is 0 Å². The summed E-state index contributed by atoms with van der Waals surface area (Å²) >= 11 is 0. The van der Waals surface area contributed by atoms with Gasteiger partial charge < -0.3 is 45.2 Å².